The van der Waals surface area contributed by atoms with Crippen LogP contribution in [0.3, 0.4) is 0 Å². The zero-order valence-corrected chi connectivity index (χ0v) is 14.8. The lowest BCUT2D eigenvalue weighted by Gasteiger charge is -2.20. The van der Waals surface area contributed by atoms with E-state index in [1.54, 1.807) is 30.3 Å². The van der Waals surface area contributed by atoms with Crippen LogP contribution in [0.5, 0.6) is 0 Å². The number of hydrogen-bond donors (Lipinski definition) is 0. The van der Waals surface area contributed by atoms with Crippen molar-refractivity contribution in [2.75, 3.05) is 13.6 Å². The largest absolute Gasteiger partial charge is 0.341 e. The molecule has 5 nitrogen and oxygen atoms in total. The third kappa shape index (κ3) is 3.32. The van der Waals surface area contributed by atoms with Crippen LogP contribution in [0, 0.1) is 5.82 Å². The Morgan fingerprint density at radius 3 is 2.27 bits per heavy atom. The summed E-state index contributed by atoms with van der Waals surface area (Å²) in [6.45, 7) is -0.0209. The van der Waals surface area contributed by atoms with Crippen LogP contribution >= 0.6 is 11.6 Å². The second-order valence-electron chi connectivity index (χ2n) is 6.01. The Kier molecular flexibility index (Phi) is 5.04. The van der Waals surface area contributed by atoms with E-state index in [-0.39, 0.29) is 36.0 Å². The van der Waals surface area contributed by atoms with E-state index in [9.17, 15) is 18.8 Å². The van der Waals surface area contributed by atoms with Gasteiger partial charge in [-0.2, -0.15) is 0 Å². The zero-order valence-electron chi connectivity index (χ0n) is 14.0. The van der Waals surface area contributed by atoms with Crippen molar-refractivity contribution in [1.82, 2.24) is 9.80 Å². The molecule has 0 atom stereocenters. The van der Waals surface area contributed by atoms with Gasteiger partial charge in [0.2, 0.25) is 5.91 Å². The molecule has 1 aliphatic heterocycles. The maximum Gasteiger partial charge on any atom is 0.261 e. The topological polar surface area (TPSA) is 57.7 Å². The van der Waals surface area contributed by atoms with Crippen molar-refractivity contribution in [3.8, 4) is 0 Å². The maximum atomic E-state index is 13.8. The lowest BCUT2D eigenvalue weighted by molar-refractivity contribution is -0.130. The van der Waals surface area contributed by atoms with Gasteiger partial charge in [0.25, 0.3) is 11.8 Å². The van der Waals surface area contributed by atoms with E-state index in [2.05, 4.69) is 0 Å². The normalized spacial score (nSPS) is 13.1. The first-order valence-electron chi connectivity index (χ1n) is 8.02. The van der Waals surface area contributed by atoms with E-state index in [0.717, 1.165) is 4.90 Å². The molecule has 1 aliphatic rings. The van der Waals surface area contributed by atoms with Gasteiger partial charge in [0, 0.05) is 37.1 Å². The molecule has 0 fully saturated rings. The molecule has 0 aliphatic carbocycles. The molecule has 134 valence electrons. The number of halogens is 2. The Hall–Kier alpha value is -2.73. The molecule has 0 spiro atoms. The van der Waals surface area contributed by atoms with Crippen molar-refractivity contribution in [3.05, 3.63) is 70.0 Å². The molecular formula is C19H16ClFN2O3. The van der Waals surface area contributed by atoms with Gasteiger partial charge in [-0.05, 0) is 24.3 Å². The Bertz CT molecular complexity index is 845. The quantitative estimate of drug-likeness (QED) is 0.755. The van der Waals surface area contributed by atoms with Crippen molar-refractivity contribution < 1.29 is 18.8 Å². The van der Waals surface area contributed by atoms with Crippen molar-refractivity contribution in [3.63, 3.8) is 0 Å². The third-order valence-corrected chi connectivity index (χ3v) is 4.66. The molecule has 0 radical (unpaired) electrons. The van der Waals surface area contributed by atoms with Crippen LogP contribution < -0.4 is 0 Å². The van der Waals surface area contributed by atoms with Gasteiger partial charge < -0.3 is 4.90 Å². The number of benzene rings is 2. The minimum Gasteiger partial charge on any atom is -0.341 e. The average molecular weight is 375 g/mol. The predicted molar refractivity (Wildman–Crippen MR) is 94.3 cm³/mol. The van der Waals surface area contributed by atoms with Crippen LogP contribution in [0.1, 0.15) is 32.7 Å². The summed E-state index contributed by atoms with van der Waals surface area (Å²) in [7, 11) is 1.52. The summed E-state index contributed by atoms with van der Waals surface area (Å²) in [5.41, 5.74) is 0.915. The molecule has 0 saturated heterocycles. The SMILES string of the molecule is CN(Cc1c(F)cccc1Cl)C(=O)CCN1C(=O)c2ccccc2C1=O. The van der Waals surface area contributed by atoms with E-state index in [0.29, 0.717) is 11.1 Å². The summed E-state index contributed by atoms with van der Waals surface area (Å²) < 4.78 is 13.8. The standard InChI is InChI=1S/C19H16ClFN2O3/c1-22(11-14-15(20)7-4-8-16(14)21)17(24)9-10-23-18(25)12-5-2-3-6-13(12)19(23)26/h2-8H,9-11H2,1H3. The van der Waals surface area contributed by atoms with Gasteiger partial charge in [-0.15, -0.1) is 0 Å². The number of nitrogens with zero attached hydrogens (tertiary/aromatic N) is 2. The van der Waals surface area contributed by atoms with Crippen molar-refractivity contribution in [2.24, 2.45) is 0 Å². The summed E-state index contributed by atoms with van der Waals surface area (Å²) in [5, 5.41) is 0.241. The highest BCUT2D eigenvalue weighted by Gasteiger charge is 2.35. The van der Waals surface area contributed by atoms with Crippen LogP contribution in [-0.4, -0.2) is 41.1 Å². The van der Waals surface area contributed by atoms with Crippen LogP contribution in [0.2, 0.25) is 5.02 Å². The van der Waals surface area contributed by atoms with Crippen LogP contribution in [-0.2, 0) is 11.3 Å². The molecular weight excluding hydrogens is 359 g/mol. The summed E-state index contributed by atoms with van der Waals surface area (Å²) in [6.07, 6.45) is -0.0476. The Morgan fingerprint density at radius 2 is 1.69 bits per heavy atom. The summed E-state index contributed by atoms with van der Waals surface area (Å²) >= 11 is 5.97. The molecule has 7 heteroatoms. The number of hydrogen-bond acceptors (Lipinski definition) is 3. The van der Waals surface area contributed by atoms with Gasteiger partial charge in [0.15, 0.2) is 0 Å². The molecule has 26 heavy (non-hydrogen) atoms. The predicted octanol–water partition coefficient (Wildman–Crippen LogP) is 3.12. The molecule has 2 aromatic rings. The van der Waals surface area contributed by atoms with Crippen LogP contribution in [0.25, 0.3) is 0 Å². The molecule has 0 aromatic heterocycles. The second-order valence-corrected chi connectivity index (χ2v) is 6.41. The summed E-state index contributed by atoms with van der Waals surface area (Å²) in [6, 6.07) is 10.9. The minimum atomic E-state index is -0.488. The van der Waals surface area contributed by atoms with Crippen molar-refractivity contribution in [1.29, 1.82) is 0 Å². The van der Waals surface area contributed by atoms with Gasteiger partial charge in [-0.1, -0.05) is 29.8 Å². The van der Waals surface area contributed by atoms with Crippen molar-refractivity contribution >= 4 is 29.3 Å². The molecule has 1 heterocycles. The fourth-order valence-electron chi connectivity index (χ4n) is 2.85. The van der Waals surface area contributed by atoms with E-state index in [1.807, 2.05) is 0 Å². The molecule has 3 amide bonds. The number of carbonyl (C=O) groups excluding carboxylic acids is 3. The monoisotopic (exact) mass is 374 g/mol. The number of amides is 3. The van der Waals surface area contributed by atoms with Gasteiger partial charge >= 0.3 is 0 Å². The summed E-state index contributed by atoms with van der Waals surface area (Å²) in [4.78, 5) is 39.3. The van der Waals surface area contributed by atoms with Gasteiger partial charge in [-0.3, -0.25) is 19.3 Å². The highest BCUT2D eigenvalue weighted by atomic mass is 35.5. The van der Waals surface area contributed by atoms with E-state index >= 15 is 0 Å². The average Bonchev–Trinajstić information content (AvgIpc) is 2.87. The summed E-state index contributed by atoms with van der Waals surface area (Å²) in [5.74, 6) is -1.62. The number of rotatable bonds is 5. The lowest BCUT2D eigenvalue weighted by Crippen LogP contribution is -2.35. The molecule has 0 saturated carbocycles. The van der Waals surface area contributed by atoms with Gasteiger partial charge in [0.05, 0.1) is 11.1 Å². The zero-order chi connectivity index (χ0) is 18.8. The van der Waals surface area contributed by atoms with Crippen LogP contribution in [0.15, 0.2) is 42.5 Å². The van der Waals surface area contributed by atoms with E-state index in [1.165, 1.54) is 24.1 Å². The molecule has 0 bridgehead atoms. The first-order valence-corrected chi connectivity index (χ1v) is 8.40. The minimum absolute atomic E-state index is 0.00641. The van der Waals surface area contributed by atoms with E-state index < -0.39 is 17.6 Å². The highest BCUT2D eigenvalue weighted by Crippen LogP contribution is 2.23. The Balaban J connectivity index is 1.63. The Morgan fingerprint density at radius 1 is 1.08 bits per heavy atom. The fraction of sp³-hybridized carbons (Fsp3) is 0.211. The molecule has 2 aromatic carbocycles. The molecule has 3 rings (SSSR count). The van der Waals surface area contributed by atoms with E-state index in [4.69, 9.17) is 11.6 Å². The second kappa shape index (κ2) is 7.25. The highest BCUT2D eigenvalue weighted by molar-refractivity contribution is 6.31. The van der Waals surface area contributed by atoms with Crippen molar-refractivity contribution in [2.45, 2.75) is 13.0 Å². The molecule has 0 unspecified atom stereocenters. The van der Waals surface area contributed by atoms with Gasteiger partial charge in [0.1, 0.15) is 5.82 Å². The third-order valence-electron chi connectivity index (χ3n) is 4.31. The smallest absolute Gasteiger partial charge is 0.261 e. The molecule has 0 N–H and O–H groups in total. The fourth-order valence-corrected chi connectivity index (χ4v) is 3.07. The first-order chi connectivity index (χ1) is 12.4. The Labute approximate surface area is 155 Å². The van der Waals surface area contributed by atoms with Crippen LogP contribution in [0.4, 0.5) is 4.39 Å². The number of imide groups is 1. The number of carbonyl (C=O) groups is 3. The lowest BCUT2D eigenvalue weighted by atomic mass is 10.1. The number of fused-ring (bicyclic) bond motifs is 1. The van der Waals surface area contributed by atoms with Gasteiger partial charge in [-0.25, -0.2) is 4.39 Å². The first kappa shape index (κ1) is 18.1. The maximum absolute atomic E-state index is 13.8.